The molecule has 0 N–H and O–H groups in total. The van der Waals surface area contributed by atoms with Crippen LogP contribution in [0.1, 0.15) is 61.2 Å². The Morgan fingerprint density at radius 1 is 1.00 bits per heavy atom. The van der Waals surface area contributed by atoms with Gasteiger partial charge < -0.3 is 14.2 Å². The maximum absolute atomic E-state index is 13.6. The Morgan fingerprint density at radius 3 is 1.91 bits per heavy atom. The molecule has 9 nitrogen and oxygen atoms in total. The molecule has 1 aromatic heterocycles. The van der Waals surface area contributed by atoms with E-state index in [2.05, 4.69) is 30.4 Å². The second-order valence-corrected chi connectivity index (χ2v) is 7.14. The smallest absolute Gasteiger partial charge is 0.424 e. The average Bonchev–Trinajstić information content (AvgIpc) is 2.71. The molecule has 0 aliphatic rings. The number of methoxy groups -OCH3 is 2. The van der Waals surface area contributed by atoms with Gasteiger partial charge in [-0.2, -0.15) is 18.1 Å². The molecule has 0 bridgehead atoms. The van der Waals surface area contributed by atoms with E-state index in [1.54, 1.807) is 0 Å². The molecule has 0 saturated carbocycles. The number of hydrogen-bond donors (Lipinski definition) is 0. The van der Waals surface area contributed by atoms with Crippen molar-refractivity contribution >= 4 is 45.6 Å². The number of alkyl halides is 4. The maximum atomic E-state index is 13.6. The van der Waals surface area contributed by atoms with E-state index >= 15 is 0 Å². The van der Waals surface area contributed by atoms with Crippen molar-refractivity contribution in [3.05, 3.63) is 23.0 Å². The van der Waals surface area contributed by atoms with Crippen LogP contribution >= 0.6 is 15.9 Å². The predicted molar refractivity (Wildman–Crippen MR) is 111 cm³/mol. The Balaban J connectivity index is 0.00000466. The third kappa shape index (κ3) is 7.46. The van der Waals surface area contributed by atoms with Gasteiger partial charge in [-0.15, -0.1) is 0 Å². The lowest BCUT2D eigenvalue weighted by Crippen LogP contribution is -2.42. The zero-order chi connectivity index (χ0) is 25.4. The first-order valence-corrected chi connectivity index (χ1v) is 10.2. The highest BCUT2D eigenvalue weighted by Crippen LogP contribution is 2.36. The van der Waals surface area contributed by atoms with Crippen LogP contribution in [0, 0.1) is 0 Å². The summed E-state index contributed by atoms with van der Waals surface area (Å²) in [5.74, 6) is -2.40. The zero-order valence-corrected chi connectivity index (χ0v) is 20.1. The highest BCUT2D eigenvalue weighted by atomic mass is 79.9. The van der Waals surface area contributed by atoms with Crippen LogP contribution in [-0.4, -0.2) is 54.1 Å². The summed E-state index contributed by atoms with van der Waals surface area (Å²) in [7, 11) is 1.76. The van der Waals surface area contributed by atoms with E-state index in [1.165, 1.54) is 20.8 Å². The van der Waals surface area contributed by atoms with Gasteiger partial charge in [0.25, 0.3) is 0 Å². The van der Waals surface area contributed by atoms with Gasteiger partial charge in [-0.1, -0.05) is 29.8 Å². The number of esters is 1. The first-order valence-electron chi connectivity index (χ1n) is 9.08. The fourth-order valence-electron chi connectivity index (χ4n) is 2.08. The molecule has 0 radical (unpaired) electrons. The molecule has 180 valence electrons. The normalized spacial score (nSPS) is 11.0. The number of carbonyl (C=O) groups is 4. The summed E-state index contributed by atoms with van der Waals surface area (Å²) in [6, 6.07) is 0.260. The molecular formula is C19H24BrF3N2O7. The summed E-state index contributed by atoms with van der Waals surface area (Å²) < 4.78 is 54.7. The number of rotatable bonds is 4. The summed E-state index contributed by atoms with van der Waals surface area (Å²) in [5.41, 5.74) is -5.65. The van der Waals surface area contributed by atoms with Crippen LogP contribution in [-0.2, 0) is 20.4 Å². The van der Waals surface area contributed by atoms with Gasteiger partial charge in [0, 0.05) is 0 Å². The first-order chi connectivity index (χ1) is 14.7. The topological polar surface area (TPSA) is 112 Å². The van der Waals surface area contributed by atoms with Crippen molar-refractivity contribution in [2.75, 3.05) is 24.4 Å². The fraction of sp³-hybridized carbons (Fsp3) is 0.526. The van der Waals surface area contributed by atoms with Crippen molar-refractivity contribution in [2.24, 2.45) is 0 Å². The molecule has 0 unspecified atom stereocenters. The number of aromatic nitrogens is 1. The lowest BCUT2D eigenvalue weighted by atomic mass is 10.1. The fourth-order valence-corrected chi connectivity index (χ4v) is 2.35. The van der Waals surface area contributed by atoms with Crippen LogP contribution < -0.4 is 4.90 Å². The van der Waals surface area contributed by atoms with Crippen LogP contribution in [0.4, 0.5) is 28.4 Å². The van der Waals surface area contributed by atoms with Crippen molar-refractivity contribution < 1.29 is 46.6 Å². The molecule has 0 aromatic carbocycles. The Kier molecular flexibility index (Phi) is 10.8. The minimum Gasteiger partial charge on any atom is -0.464 e. The van der Waals surface area contributed by atoms with E-state index < -0.39 is 63.7 Å². The monoisotopic (exact) mass is 528 g/mol. The zero-order valence-electron chi connectivity index (χ0n) is 18.5. The summed E-state index contributed by atoms with van der Waals surface area (Å²) in [6.07, 6.45) is -8.00. The molecule has 0 atom stereocenters. The van der Waals surface area contributed by atoms with Gasteiger partial charge in [-0.25, -0.2) is 19.4 Å². The Bertz CT molecular complexity index is 868. The number of ether oxygens (including phenoxy) is 3. The van der Waals surface area contributed by atoms with Crippen molar-refractivity contribution in [3.8, 4) is 0 Å². The Labute approximate surface area is 191 Å². The molecule has 0 fully saturated rings. The van der Waals surface area contributed by atoms with E-state index in [-0.39, 0.29) is 11.0 Å². The minimum absolute atomic E-state index is 0.0577. The van der Waals surface area contributed by atoms with Crippen molar-refractivity contribution in [1.29, 1.82) is 0 Å². The molecule has 0 aliphatic carbocycles. The molecule has 1 heterocycles. The van der Waals surface area contributed by atoms with Crippen molar-refractivity contribution in [2.45, 2.75) is 46.4 Å². The predicted octanol–water partition coefficient (Wildman–Crippen LogP) is 5.00. The first kappa shape index (κ1) is 29.3. The number of halogens is 4. The number of pyridine rings is 1. The molecule has 0 aliphatic heterocycles. The number of nitrogens with zero attached hydrogens (tertiary/aromatic N) is 2. The van der Waals surface area contributed by atoms with Gasteiger partial charge in [-0.05, 0) is 26.8 Å². The second kappa shape index (κ2) is 11.8. The van der Waals surface area contributed by atoms with E-state index in [0.29, 0.717) is 0 Å². The van der Waals surface area contributed by atoms with Crippen molar-refractivity contribution in [3.63, 3.8) is 0 Å². The van der Waals surface area contributed by atoms with Gasteiger partial charge >= 0.3 is 24.3 Å². The standard InChI is InChI=1S/C17H18BrF3N2O7.C2H6/c1-16(2,3)30-15(27)23(14(26)29-5)9-6-8(17(19,20)21)11(10(24)7-18)22-12(9)13(25)28-4;1-2/h6H,7H2,1-5H3;1-2H3. The maximum Gasteiger partial charge on any atom is 0.424 e. The summed E-state index contributed by atoms with van der Waals surface area (Å²) >= 11 is 2.74. The van der Waals surface area contributed by atoms with Crippen LogP contribution in [0.2, 0.25) is 0 Å². The average molecular weight is 529 g/mol. The molecule has 1 aromatic rings. The highest BCUT2D eigenvalue weighted by molar-refractivity contribution is 9.09. The van der Waals surface area contributed by atoms with E-state index in [0.717, 1.165) is 14.2 Å². The van der Waals surface area contributed by atoms with Crippen molar-refractivity contribution in [1.82, 2.24) is 4.98 Å². The van der Waals surface area contributed by atoms with Gasteiger partial charge in [0.2, 0.25) is 0 Å². The summed E-state index contributed by atoms with van der Waals surface area (Å²) in [5, 5.41) is -0.532. The largest absolute Gasteiger partial charge is 0.464 e. The lowest BCUT2D eigenvalue weighted by Gasteiger charge is -2.26. The number of Topliss-reactive ketones (excluding diaryl/α,β-unsaturated/α-hetero) is 1. The number of anilines is 1. The van der Waals surface area contributed by atoms with E-state index in [9.17, 15) is 32.3 Å². The lowest BCUT2D eigenvalue weighted by molar-refractivity contribution is -0.138. The molecular weight excluding hydrogens is 505 g/mol. The quantitative estimate of drug-likeness (QED) is 0.232. The minimum atomic E-state index is -5.11. The van der Waals surface area contributed by atoms with Crippen LogP contribution in [0.25, 0.3) is 0 Å². The van der Waals surface area contributed by atoms with Crippen LogP contribution in [0.15, 0.2) is 6.07 Å². The molecule has 0 spiro atoms. The Hall–Kier alpha value is -2.70. The van der Waals surface area contributed by atoms with E-state index in [4.69, 9.17) is 4.74 Å². The van der Waals surface area contributed by atoms with Gasteiger partial charge in [0.05, 0.1) is 30.8 Å². The SMILES string of the molecule is CC.COC(=O)c1nc(C(=O)CBr)c(C(F)(F)F)cc1N(C(=O)OC)C(=O)OC(C)(C)C. The highest BCUT2D eigenvalue weighted by Gasteiger charge is 2.41. The van der Waals surface area contributed by atoms with Gasteiger partial charge in [0.1, 0.15) is 11.3 Å². The van der Waals surface area contributed by atoms with Gasteiger partial charge in [-0.3, -0.25) is 4.79 Å². The molecule has 2 amide bonds. The number of amides is 2. The molecule has 1 rings (SSSR count). The van der Waals surface area contributed by atoms with Crippen LogP contribution in [0.5, 0.6) is 0 Å². The number of carbonyl (C=O) groups excluding carboxylic acids is 4. The number of ketones is 1. The third-order valence-electron chi connectivity index (χ3n) is 3.25. The molecule has 13 heteroatoms. The van der Waals surface area contributed by atoms with Crippen LogP contribution in [0.3, 0.4) is 0 Å². The second-order valence-electron chi connectivity index (χ2n) is 6.58. The number of imide groups is 1. The summed E-state index contributed by atoms with van der Waals surface area (Å²) in [6.45, 7) is 8.33. The Morgan fingerprint density at radius 2 is 1.53 bits per heavy atom. The molecule has 32 heavy (non-hydrogen) atoms. The number of hydrogen-bond acceptors (Lipinski definition) is 8. The molecule has 0 saturated heterocycles. The third-order valence-corrected chi connectivity index (χ3v) is 3.76. The van der Waals surface area contributed by atoms with Gasteiger partial charge in [0.15, 0.2) is 11.5 Å². The summed E-state index contributed by atoms with van der Waals surface area (Å²) in [4.78, 5) is 52.4. The van der Waals surface area contributed by atoms with E-state index in [1.807, 2.05) is 13.8 Å².